The van der Waals surface area contributed by atoms with Crippen molar-refractivity contribution in [1.82, 2.24) is 15.3 Å². The maximum absolute atomic E-state index is 11.8. The number of hydrogen-bond donors (Lipinski definition) is 3. The van der Waals surface area contributed by atoms with Crippen molar-refractivity contribution in [3.8, 4) is 5.75 Å². The summed E-state index contributed by atoms with van der Waals surface area (Å²) in [5.41, 5.74) is 0.118. The Bertz CT molecular complexity index is 873. The lowest BCUT2D eigenvalue weighted by Crippen LogP contribution is -2.27. The zero-order valence-electron chi connectivity index (χ0n) is 13.6. The number of benzene rings is 1. The molecule has 1 aromatic heterocycles. The summed E-state index contributed by atoms with van der Waals surface area (Å²) in [6, 6.07) is 6.81. The highest BCUT2D eigenvalue weighted by molar-refractivity contribution is 5.93. The number of aromatic amines is 1. The van der Waals surface area contributed by atoms with Crippen LogP contribution in [0, 0.1) is 0 Å². The molecule has 1 atom stereocenters. The van der Waals surface area contributed by atoms with Crippen molar-refractivity contribution >= 4 is 24.0 Å². The molecule has 2 aromatic rings. The molecule has 2 rings (SSSR count). The molecule has 1 unspecified atom stereocenters. The van der Waals surface area contributed by atoms with Gasteiger partial charge in [-0.2, -0.15) is 0 Å². The molecule has 0 saturated carbocycles. The van der Waals surface area contributed by atoms with Gasteiger partial charge in [-0.15, -0.1) is 0 Å². The molecular weight excluding hydrogens is 326 g/mol. The fourth-order valence-electron chi connectivity index (χ4n) is 1.91. The van der Waals surface area contributed by atoms with Crippen molar-refractivity contribution in [3.05, 3.63) is 57.8 Å². The number of carbonyl (C=O) groups excluding carboxylic acids is 1. The highest BCUT2D eigenvalue weighted by Crippen LogP contribution is 2.16. The molecule has 8 heteroatoms. The smallest absolute Gasteiger partial charge is 0.344 e. The first-order chi connectivity index (χ1) is 11.9. The normalized spacial score (nSPS) is 11.9. The monoisotopic (exact) mass is 343 g/mol. The van der Waals surface area contributed by atoms with Gasteiger partial charge >= 0.3 is 5.97 Å². The van der Waals surface area contributed by atoms with Crippen LogP contribution < -0.4 is 15.6 Å². The molecule has 1 amide bonds. The number of H-pyrrole nitrogens is 1. The van der Waals surface area contributed by atoms with Crippen LogP contribution in [0.5, 0.6) is 5.75 Å². The Hall–Kier alpha value is -3.42. The summed E-state index contributed by atoms with van der Waals surface area (Å²) in [7, 11) is 1.43. The predicted octanol–water partition coefficient (Wildman–Crippen LogP) is 1.15. The van der Waals surface area contributed by atoms with Crippen LogP contribution in [0.1, 0.15) is 28.7 Å². The van der Waals surface area contributed by atoms with E-state index in [1.165, 1.54) is 20.2 Å². The number of carboxylic acid groups (broad SMARTS) is 1. The van der Waals surface area contributed by atoms with Gasteiger partial charge in [-0.05, 0) is 30.7 Å². The fourth-order valence-corrected chi connectivity index (χ4v) is 1.91. The maximum atomic E-state index is 11.8. The summed E-state index contributed by atoms with van der Waals surface area (Å²) < 4.78 is 5.29. The van der Waals surface area contributed by atoms with Gasteiger partial charge in [0.25, 0.3) is 11.5 Å². The summed E-state index contributed by atoms with van der Waals surface area (Å²) in [5, 5.41) is 11.2. The molecular formula is C17H17N3O5. The van der Waals surface area contributed by atoms with Crippen LogP contribution >= 0.6 is 0 Å². The van der Waals surface area contributed by atoms with E-state index >= 15 is 0 Å². The Labute approximate surface area is 143 Å². The lowest BCUT2D eigenvalue weighted by molar-refractivity contribution is -0.144. The molecule has 25 heavy (non-hydrogen) atoms. The molecule has 0 aliphatic carbocycles. The minimum absolute atomic E-state index is 0.0716. The third-order valence-electron chi connectivity index (χ3n) is 3.24. The predicted molar refractivity (Wildman–Crippen MR) is 91.3 cm³/mol. The van der Waals surface area contributed by atoms with Crippen molar-refractivity contribution in [1.29, 1.82) is 0 Å². The van der Waals surface area contributed by atoms with Crippen LogP contribution in [-0.2, 0) is 4.79 Å². The number of nitrogens with zero attached hydrogens (tertiary/aromatic N) is 1. The summed E-state index contributed by atoms with van der Waals surface area (Å²) in [5.74, 6) is -0.878. The summed E-state index contributed by atoms with van der Waals surface area (Å²) in [4.78, 5) is 40.6. The van der Waals surface area contributed by atoms with E-state index in [1.54, 1.807) is 36.4 Å². The molecule has 0 spiro atoms. The van der Waals surface area contributed by atoms with E-state index in [4.69, 9.17) is 9.84 Å². The number of rotatable bonds is 6. The number of nitrogens with one attached hydrogen (secondary N) is 2. The van der Waals surface area contributed by atoms with Crippen molar-refractivity contribution in [3.63, 3.8) is 0 Å². The number of carboxylic acids is 1. The standard InChI is InChI=1S/C17H17N3O5/c1-10(17(23)24)25-12-5-3-4-11(8-12)6-7-14-19-9-13(15(21)18-2)16(22)20-14/h3-10H,1-2H3,(H,18,21)(H,23,24)(H,19,20,22). The van der Waals surface area contributed by atoms with Crippen LogP contribution in [0.2, 0.25) is 0 Å². The van der Waals surface area contributed by atoms with Crippen molar-refractivity contribution < 1.29 is 19.4 Å². The largest absolute Gasteiger partial charge is 0.479 e. The van der Waals surface area contributed by atoms with Gasteiger partial charge in [0.1, 0.15) is 17.1 Å². The summed E-state index contributed by atoms with van der Waals surface area (Å²) in [6.45, 7) is 1.44. The Morgan fingerprint density at radius 2 is 2.12 bits per heavy atom. The SMILES string of the molecule is CNC(=O)c1cnc(C=Cc2cccc(OC(C)C(=O)O)c2)[nH]c1=O. The van der Waals surface area contributed by atoms with E-state index in [9.17, 15) is 14.4 Å². The van der Waals surface area contributed by atoms with Crippen LogP contribution in [0.3, 0.4) is 0 Å². The van der Waals surface area contributed by atoms with Crippen LogP contribution in [0.25, 0.3) is 12.2 Å². The minimum atomic E-state index is -1.06. The summed E-state index contributed by atoms with van der Waals surface area (Å²) in [6.07, 6.45) is 3.48. The van der Waals surface area contributed by atoms with E-state index in [2.05, 4.69) is 15.3 Å². The van der Waals surface area contributed by atoms with Gasteiger partial charge in [0.05, 0.1) is 0 Å². The molecule has 0 saturated heterocycles. The number of aromatic nitrogens is 2. The molecule has 1 heterocycles. The average Bonchev–Trinajstić information content (AvgIpc) is 2.59. The third-order valence-corrected chi connectivity index (χ3v) is 3.24. The Balaban J connectivity index is 2.17. The lowest BCUT2D eigenvalue weighted by Gasteiger charge is -2.10. The van der Waals surface area contributed by atoms with E-state index in [1.807, 2.05) is 0 Å². The first-order valence-electron chi connectivity index (χ1n) is 7.39. The quantitative estimate of drug-likeness (QED) is 0.723. The Morgan fingerprint density at radius 3 is 2.76 bits per heavy atom. The first-order valence-corrected chi connectivity index (χ1v) is 7.39. The second-order valence-electron chi connectivity index (χ2n) is 5.09. The Morgan fingerprint density at radius 1 is 1.36 bits per heavy atom. The van der Waals surface area contributed by atoms with E-state index in [0.717, 1.165) is 5.56 Å². The number of aliphatic carboxylic acids is 1. The third kappa shape index (κ3) is 4.77. The highest BCUT2D eigenvalue weighted by atomic mass is 16.5. The zero-order chi connectivity index (χ0) is 18.4. The Kier molecular flexibility index (Phi) is 5.67. The van der Waals surface area contributed by atoms with Crippen molar-refractivity contribution in [2.75, 3.05) is 7.05 Å². The number of hydrogen-bond acceptors (Lipinski definition) is 5. The molecule has 0 aliphatic rings. The second kappa shape index (κ2) is 7.91. The average molecular weight is 343 g/mol. The van der Waals surface area contributed by atoms with Crippen LogP contribution in [-0.4, -0.2) is 40.1 Å². The zero-order valence-corrected chi connectivity index (χ0v) is 13.6. The first kappa shape index (κ1) is 17.9. The molecule has 8 nitrogen and oxygen atoms in total. The molecule has 0 fully saturated rings. The van der Waals surface area contributed by atoms with Crippen LogP contribution in [0.15, 0.2) is 35.3 Å². The van der Waals surface area contributed by atoms with Gasteiger partial charge < -0.3 is 20.1 Å². The molecule has 1 aromatic carbocycles. The van der Waals surface area contributed by atoms with Gasteiger partial charge in [-0.25, -0.2) is 9.78 Å². The molecule has 3 N–H and O–H groups in total. The maximum Gasteiger partial charge on any atom is 0.344 e. The van der Waals surface area contributed by atoms with E-state index in [0.29, 0.717) is 5.75 Å². The van der Waals surface area contributed by atoms with Crippen LogP contribution in [0.4, 0.5) is 0 Å². The fraction of sp³-hybridized carbons (Fsp3) is 0.176. The van der Waals surface area contributed by atoms with Crippen molar-refractivity contribution in [2.45, 2.75) is 13.0 Å². The molecule has 0 aliphatic heterocycles. The molecule has 0 radical (unpaired) electrons. The number of carbonyl (C=O) groups is 2. The summed E-state index contributed by atoms with van der Waals surface area (Å²) >= 11 is 0. The topological polar surface area (TPSA) is 121 Å². The lowest BCUT2D eigenvalue weighted by atomic mass is 10.2. The number of ether oxygens (including phenoxy) is 1. The molecule has 130 valence electrons. The van der Waals surface area contributed by atoms with Gasteiger partial charge in [0, 0.05) is 13.2 Å². The van der Waals surface area contributed by atoms with Gasteiger partial charge in [0.2, 0.25) is 0 Å². The van der Waals surface area contributed by atoms with E-state index in [-0.39, 0.29) is 11.4 Å². The highest BCUT2D eigenvalue weighted by Gasteiger charge is 2.12. The van der Waals surface area contributed by atoms with Crippen molar-refractivity contribution in [2.24, 2.45) is 0 Å². The number of amides is 1. The second-order valence-corrected chi connectivity index (χ2v) is 5.09. The minimum Gasteiger partial charge on any atom is -0.479 e. The molecule has 0 bridgehead atoms. The van der Waals surface area contributed by atoms with Gasteiger partial charge in [-0.3, -0.25) is 9.59 Å². The van der Waals surface area contributed by atoms with E-state index < -0.39 is 23.5 Å². The van der Waals surface area contributed by atoms with Gasteiger partial charge in [-0.1, -0.05) is 18.2 Å². The van der Waals surface area contributed by atoms with Gasteiger partial charge in [0.15, 0.2) is 6.10 Å².